The fourth-order valence-electron chi connectivity index (χ4n) is 3.28. The van der Waals surface area contributed by atoms with E-state index in [0.29, 0.717) is 39.8 Å². The molecule has 0 unspecified atom stereocenters. The zero-order chi connectivity index (χ0) is 23.3. The van der Waals surface area contributed by atoms with E-state index in [1.54, 1.807) is 51.5 Å². The van der Waals surface area contributed by atoms with Gasteiger partial charge in [-0.15, -0.1) is 0 Å². The third-order valence-electron chi connectivity index (χ3n) is 5.09. The minimum Gasteiger partial charge on any atom is -0.494 e. The van der Waals surface area contributed by atoms with Crippen LogP contribution >= 0.6 is 11.6 Å². The summed E-state index contributed by atoms with van der Waals surface area (Å²) in [6.45, 7) is 1.78. The number of aliphatic imine (C=N–C) groups is 1. The standard InChI is InChI=1S/C24H22ClN3O4/c1-15-19(13-26)23(29)28(11-10-16-4-9-21(31-2)22(12-16)32-3)24(30)20(15)14-27-18-7-5-17(25)6-8-18/h4-9,12,14,30H,10-11H2,1-3H3. The van der Waals surface area contributed by atoms with E-state index in [4.69, 9.17) is 21.1 Å². The molecule has 0 radical (unpaired) electrons. The molecule has 0 fully saturated rings. The summed E-state index contributed by atoms with van der Waals surface area (Å²) in [4.78, 5) is 17.2. The molecule has 7 nitrogen and oxygen atoms in total. The van der Waals surface area contributed by atoms with Gasteiger partial charge in [-0.25, -0.2) is 0 Å². The van der Waals surface area contributed by atoms with Crippen LogP contribution in [-0.2, 0) is 13.0 Å². The second kappa shape index (κ2) is 10.0. The van der Waals surface area contributed by atoms with Gasteiger partial charge in [0.05, 0.1) is 25.5 Å². The minimum atomic E-state index is -0.549. The smallest absolute Gasteiger partial charge is 0.271 e. The molecular formula is C24H22ClN3O4. The van der Waals surface area contributed by atoms with Crippen molar-refractivity contribution in [2.24, 2.45) is 4.99 Å². The number of aromatic nitrogens is 1. The maximum absolute atomic E-state index is 12.8. The number of pyridine rings is 1. The van der Waals surface area contributed by atoms with Gasteiger partial charge in [-0.05, 0) is 60.9 Å². The summed E-state index contributed by atoms with van der Waals surface area (Å²) in [6.07, 6.45) is 1.87. The fraction of sp³-hybridized carbons (Fsp3) is 0.208. The Hall–Kier alpha value is -3.76. The van der Waals surface area contributed by atoms with Gasteiger partial charge >= 0.3 is 0 Å². The lowest BCUT2D eigenvalue weighted by molar-refractivity contribution is 0.354. The number of methoxy groups -OCH3 is 2. The lowest BCUT2D eigenvalue weighted by atomic mass is 10.1. The second-order valence-electron chi connectivity index (χ2n) is 6.98. The van der Waals surface area contributed by atoms with Crippen LogP contribution in [0.2, 0.25) is 5.02 Å². The number of nitrogens with zero attached hydrogens (tertiary/aromatic N) is 3. The molecule has 2 aromatic carbocycles. The van der Waals surface area contributed by atoms with Crippen molar-refractivity contribution in [3.8, 4) is 23.4 Å². The highest BCUT2D eigenvalue weighted by atomic mass is 35.5. The van der Waals surface area contributed by atoms with Crippen molar-refractivity contribution < 1.29 is 14.6 Å². The average Bonchev–Trinajstić information content (AvgIpc) is 2.80. The van der Waals surface area contributed by atoms with Crippen molar-refractivity contribution in [2.45, 2.75) is 19.9 Å². The van der Waals surface area contributed by atoms with Gasteiger partial charge in [0.1, 0.15) is 11.6 Å². The number of aryl methyl sites for hydroxylation is 1. The molecule has 0 aliphatic carbocycles. The van der Waals surface area contributed by atoms with Gasteiger partial charge in [0.2, 0.25) is 5.88 Å². The van der Waals surface area contributed by atoms with E-state index in [0.717, 1.165) is 5.56 Å². The predicted molar refractivity (Wildman–Crippen MR) is 124 cm³/mol. The van der Waals surface area contributed by atoms with Crippen molar-refractivity contribution in [2.75, 3.05) is 14.2 Å². The van der Waals surface area contributed by atoms with Crippen LogP contribution in [0.3, 0.4) is 0 Å². The van der Waals surface area contributed by atoms with E-state index < -0.39 is 5.56 Å². The van der Waals surface area contributed by atoms with Gasteiger partial charge in [0.15, 0.2) is 11.5 Å². The lowest BCUT2D eigenvalue weighted by Gasteiger charge is -2.15. The van der Waals surface area contributed by atoms with Crippen LogP contribution in [0.4, 0.5) is 5.69 Å². The number of hydrogen-bond acceptors (Lipinski definition) is 6. The highest BCUT2D eigenvalue weighted by molar-refractivity contribution is 6.30. The molecule has 0 saturated carbocycles. The lowest BCUT2D eigenvalue weighted by Crippen LogP contribution is -2.26. The zero-order valence-electron chi connectivity index (χ0n) is 17.9. The largest absolute Gasteiger partial charge is 0.494 e. The van der Waals surface area contributed by atoms with Crippen LogP contribution in [0.25, 0.3) is 0 Å². The van der Waals surface area contributed by atoms with Crippen molar-refractivity contribution in [1.29, 1.82) is 5.26 Å². The third-order valence-corrected chi connectivity index (χ3v) is 5.34. The van der Waals surface area contributed by atoms with E-state index in [9.17, 15) is 15.2 Å². The maximum atomic E-state index is 12.8. The van der Waals surface area contributed by atoms with Crippen molar-refractivity contribution in [3.05, 3.63) is 80.1 Å². The van der Waals surface area contributed by atoms with E-state index in [2.05, 4.69) is 4.99 Å². The number of hydrogen-bond donors (Lipinski definition) is 1. The quantitative estimate of drug-likeness (QED) is 0.537. The SMILES string of the molecule is COc1ccc(CCn2c(O)c(C=Nc3ccc(Cl)cc3)c(C)c(C#N)c2=O)cc1OC. The first kappa shape index (κ1) is 22.9. The Morgan fingerprint density at radius 2 is 1.84 bits per heavy atom. The van der Waals surface area contributed by atoms with Crippen molar-refractivity contribution in [3.63, 3.8) is 0 Å². The highest BCUT2D eigenvalue weighted by Crippen LogP contribution is 2.28. The first-order chi connectivity index (χ1) is 15.4. The summed E-state index contributed by atoms with van der Waals surface area (Å²) in [5.74, 6) is 0.919. The summed E-state index contributed by atoms with van der Waals surface area (Å²) < 4.78 is 11.7. The minimum absolute atomic E-state index is 0.0346. The molecular weight excluding hydrogens is 430 g/mol. The summed E-state index contributed by atoms with van der Waals surface area (Å²) in [6, 6.07) is 14.2. The Kier molecular flexibility index (Phi) is 7.18. The molecule has 0 amide bonds. The number of ether oxygens (including phenoxy) is 2. The first-order valence-electron chi connectivity index (χ1n) is 9.76. The molecule has 1 heterocycles. The fourth-order valence-corrected chi connectivity index (χ4v) is 3.40. The molecule has 164 valence electrons. The van der Waals surface area contributed by atoms with Gasteiger partial charge in [-0.3, -0.25) is 14.4 Å². The number of nitriles is 1. The molecule has 0 aliphatic heterocycles. The van der Waals surface area contributed by atoms with Crippen LogP contribution in [-0.4, -0.2) is 30.1 Å². The van der Waals surface area contributed by atoms with Gasteiger partial charge in [0, 0.05) is 17.8 Å². The number of benzene rings is 2. The summed E-state index contributed by atoms with van der Waals surface area (Å²) in [5.41, 5.74) is 1.59. The summed E-state index contributed by atoms with van der Waals surface area (Å²) >= 11 is 5.90. The number of halogens is 1. The third kappa shape index (κ3) is 4.76. The Morgan fingerprint density at radius 1 is 1.16 bits per heavy atom. The van der Waals surface area contributed by atoms with Crippen LogP contribution in [0.5, 0.6) is 17.4 Å². The molecule has 0 spiro atoms. The highest BCUT2D eigenvalue weighted by Gasteiger charge is 2.18. The van der Waals surface area contributed by atoms with Gasteiger partial charge in [0.25, 0.3) is 5.56 Å². The van der Waals surface area contributed by atoms with Crippen molar-refractivity contribution in [1.82, 2.24) is 4.57 Å². The van der Waals surface area contributed by atoms with Crippen LogP contribution in [0.15, 0.2) is 52.3 Å². The van der Waals surface area contributed by atoms with Gasteiger partial charge in [-0.2, -0.15) is 5.26 Å². The van der Waals surface area contributed by atoms with Crippen LogP contribution in [0.1, 0.15) is 22.3 Å². The second-order valence-corrected chi connectivity index (χ2v) is 7.42. The molecule has 0 saturated heterocycles. The number of rotatable bonds is 7. The Morgan fingerprint density at radius 3 is 2.47 bits per heavy atom. The Balaban J connectivity index is 1.97. The van der Waals surface area contributed by atoms with E-state index in [1.807, 2.05) is 18.2 Å². The monoisotopic (exact) mass is 451 g/mol. The Labute approximate surface area is 190 Å². The Bertz CT molecular complexity index is 1260. The van der Waals surface area contributed by atoms with Crippen LogP contribution < -0.4 is 15.0 Å². The molecule has 0 atom stereocenters. The van der Waals surface area contributed by atoms with E-state index in [-0.39, 0.29) is 18.0 Å². The van der Waals surface area contributed by atoms with E-state index >= 15 is 0 Å². The summed E-state index contributed by atoms with van der Waals surface area (Å²) in [5, 5.41) is 21.0. The molecule has 8 heteroatoms. The van der Waals surface area contributed by atoms with Crippen molar-refractivity contribution >= 4 is 23.5 Å². The molecule has 3 aromatic rings. The zero-order valence-corrected chi connectivity index (χ0v) is 18.7. The molecule has 1 N–H and O–H groups in total. The average molecular weight is 452 g/mol. The molecule has 1 aromatic heterocycles. The normalized spacial score (nSPS) is 10.8. The molecule has 3 rings (SSSR count). The molecule has 0 aliphatic rings. The van der Waals surface area contributed by atoms with Gasteiger partial charge < -0.3 is 14.6 Å². The van der Waals surface area contributed by atoms with Gasteiger partial charge in [-0.1, -0.05) is 17.7 Å². The summed E-state index contributed by atoms with van der Waals surface area (Å²) in [7, 11) is 3.10. The van der Waals surface area contributed by atoms with E-state index in [1.165, 1.54) is 10.8 Å². The molecule has 32 heavy (non-hydrogen) atoms. The predicted octanol–water partition coefficient (Wildman–Crippen LogP) is 4.40. The molecule has 0 bridgehead atoms. The topological polar surface area (TPSA) is 96.8 Å². The first-order valence-corrected chi connectivity index (χ1v) is 10.1. The maximum Gasteiger partial charge on any atom is 0.271 e. The number of aromatic hydroxyl groups is 1. The van der Waals surface area contributed by atoms with Crippen LogP contribution in [0, 0.1) is 18.3 Å².